The number of nitrogens with one attached hydrogen (secondary N) is 2. The average molecular weight is 378 g/mol. The first-order chi connectivity index (χ1) is 9.50. The number of halogens is 4. The topological polar surface area (TPSA) is 61.4 Å². The Labute approximate surface area is 141 Å². The van der Waals surface area contributed by atoms with Crippen LogP contribution in [-0.2, 0) is 10.0 Å². The number of sulfonamides is 1. The van der Waals surface area contributed by atoms with E-state index in [0.717, 1.165) is 44.4 Å². The van der Waals surface area contributed by atoms with Gasteiger partial charge < -0.3 is 5.32 Å². The largest absolute Gasteiger partial charge is 0.314 e. The molecule has 0 amide bonds. The third-order valence-electron chi connectivity index (χ3n) is 3.12. The van der Waals surface area contributed by atoms with E-state index in [9.17, 15) is 17.2 Å². The molecule has 10 heteroatoms. The van der Waals surface area contributed by atoms with Crippen molar-refractivity contribution in [1.29, 1.82) is 0 Å². The van der Waals surface area contributed by atoms with Crippen molar-refractivity contribution in [3.8, 4) is 0 Å². The van der Waals surface area contributed by atoms with Crippen LogP contribution in [-0.4, -0.2) is 52.6 Å². The molecular formula is C12H19Cl2F2N3O2S. The molecule has 0 atom stereocenters. The summed E-state index contributed by atoms with van der Waals surface area (Å²) < 4.78 is 52.9. The van der Waals surface area contributed by atoms with Crippen molar-refractivity contribution in [3.05, 3.63) is 29.8 Å². The van der Waals surface area contributed by atoms with Crippen molar-refractivity contribution in [2.45, 2.75) is 4.90 Å². The Morgan fingerprint density at radius 3 is 2.23 bits per heavy atom. The molecule has 1 saturated heterocycles. The zero-order valence-electron chi connectivity index (χ0n) is 11.7. The lowest BCUT2D eigenvalue weighted by Crippen LogP contribution is -2.46. The number of benzene rings is 1. The predicted octanol–water partition coefficient (Wildman–Crippen LogP) is 0.992. The van der Waals surface area contributed by atoms with E-state index in [-0.39, 0.29) is 31.4 Å². The Balaban J connectivity index is 0.00000220. The molecule has 0 radical (unpaired) electrons. The summed E-state index contributed by atoms with van der Waals surface area (Å²) >= 11 is 0. The van der Waals surface area contributed by atoms with E-state index < -0.39 is 26.6 Å². The van der Waals surface area contributed by atoms with Crippen molar-refractivity contribution in [2.75, 3.05) is 39.3 Å². The SMILES string of the molecule is Cl.Cl.O=S(=O)(NCCN1CCNCC1)c1c(F)cccc1F. The Morgan fingerprint density at radius 2 is 1.68 bits per heavy atom. The first-order valence-corrected chi connectivity index (χ1v) is 7.86. The zero-order valence-corrected chi connectivity index (χ0v) is 14.2. The molecule has 128 valence electrons. The fourth-order valence-electron chi connectivity index (χ4n) is 2.08. The molecule has 22 heavy (non-hydrogen) atoms. The van der Waals surface area contributed by atoms with Gasteiger partial charge in [-0.1, -0.05) is 6.07 Å². The molecular weight excluding hydrogens is 359 g/mol. The summed E-state index contributed by atoms with van der Waals surface area (Å²) in [6, 6.07) is 2.98. The zero-order chi connectivity index (χ0) is 14.6. The van der Waals surface area contributed by atoms with Crippen molar-refractivity contribution in [2.24, 2.45) is 0 Å². The molecule has 1 fully saturated rings. The summed E-state index contributed by atoms with van der Waals surface area (Å²) in [5.74, 6) is -2.17. The summed E-state index contributed by atoms with van der Waals surface area (Å²) in [6.45, 7) is 4.00. The summed E-state index contributed by atoms with van der Waals surface area (Å²) in [6.07, 6.45) is 0. The van der Waals surface area contributed by atoms with Crippen LogP contribution in [0.3, 0.4) is 0 Å². The number of nitrogens with zero attached hydrogens (tertiary/aromatic N) is 1. The number of piperazine rings is 1. The first kappa shape index (κ1) is 21.5. The highest BCUT2D eigenvalue weighted by Gasteiger charge is 2.23. The van der Waals surface area contributed by atoms with E-state index in [0.29, 0.717) is 6.54 Å². The van der Waals surface area contributed by atoms with Crippen LogP contribution < -0.4 is 10.0 Å². The predicted molar refractivity (Wildman–Crippen MR) is 85.4 cm³/mol. The quantitative estimate of drug-likeness (QED) is 0.803. The van der Waals surface area contributed by atoms with Gasteiger partial charge in [-0.15, -0.1) is 24.8 Å². The molecule has 1 aromatic carbocycles. The molecule has 1 aliphatic rings. The van der Waals surface area contributed by atoms with Gasteiger partial charge in [-0.3, -0.25) is 4.90 Å². The number of hydrogen-bond donors (Lipinski definition) is 2. The molecule has 0 bridgehead atoms. The van der Waals surface area contributed by atoms with Crippen LogP contribution in [0.2, 0.25) is 0 Å². The number of hydrogen-bond acceptors (Lipinski definition) is 4. The third kappa shape index (κ3) is 5.60. The standard InChI is InChI=1S/C12H17F2N3O2S.2ClH/c13-10-2-1-3-11(14)12(10)20(18,19)16-6-9-17-7-4-15-5-8-17;;/h1-3,15-16H,4-9H2;2*1H. The van der Waals surface area contributed by atoms with E-state index in [4.69, 9.17) is 0 Å². The fraction of sp³-hybridized carbons (Fsp3) is 0.500. The molecule has 0 aromatic heterocycles. The van der Waals surface area contributed by atoms with Gasteiger partial charge in [-0.2, -0.15) is 0 Å². The summed E-state index contributed by atoms with van der Waals surface area (Å²) in [4.78, 5) is 1.16. The van der Waals surface area contributed by atoms with Crippen LogP contribution in [0.25, 0.3) is 0 Å². The van der Waals surface area contributed by atoms with Gasteiger partial charge in [-0.05, 0) is 12.1 Å². The lowest BCUT2D eigenvalue weighted by molar-refractivity contribution is 0.245. The van der Waals surface area contributed by atoms with E-state index in [1.165, 1.54) is 0 Å². The maximum atomic E-state index is 13.5. The lowest BCUT2D eigenvalue weighted by atomic mass is 10.3. The van der Waals surface area contributed by atoms with E-state index in [1.54, 1.807) is 0 Å². The smallest absolute Gasteiger partial charge is 0.246 e. The second kappa shape index (κ2) is 9.59. The molecule has 0 saturated carbocycles. The normalized spacial score (nSPS) is 15.7. The van der Waals surface area contributed by atoms with Gasteiger partial charge in [0.1, 0.15) is 11.6 Å². The molecule has 2 N–H and O–H groups in total. The summed E-state index contributed by atoms with van der Waals surface area (Å²) in [7, 11) is -4.16. The first-order valence-electron chi connectivity index (χ1n) is 6.37. The van der Waals surface area contributed by atoms with Crippen LogP contribution in [0.5, 0.6) is 0 Å². The highest BCUT2D eigenvalue weighted by Crippen LogP contribution is 2.17. The van der Waals surface area contributed by atoms with Crippen molar-refractivity contribution in [1.82, 2.24) is 14.9 Å². The van der Waals surface area contributed by atoms with Crippen molar-refractivity contribution in [3.63, 3.8) is 0 Å². The molecule has 0 unspecified atom stereocenters. The van der Waals surface area contributed by atoms with Crippen LogP contribution in [0.4, 0.5) is 8.78 Å². The third-order valence-corrected chi connectivity index (χ3v) is 4.63. The Hall–Kier alpha value is -0.510. The van der Waals surface area contributed by atoms with Gasteiger partial charge in [0.2, 0.25) is 10.0 Å². The minimum absolute atomic E-state index is 0. The summed E-state index contributed by atoms with van der Waals surface area (Å²) in [5, 5.41) is 3.18. The fourth-order valence-corrected chi connectivity index (χ4v) is 3.24. The molecule has 1 heterocycles. The van der Waals surface area contributed by atoms with Crippen LogP contribution in [0, 0.1) is 11.6 Å². The Bertz CT molecular complexity index is 549. The molecule has 0 aliphatic carbocycles. The minimum Gasteiger partial charge on any atom is -0.314 e. The van der Waals surface area contributed by atoms with Crippen LogP contribution in [0.1, 0.15) is 0 Å². The lowest BCUT2D eigenvalue weighted by Gasteiger charge is -2.27. The second-order valence-corrected chi connectivity index (χ2v) is 6.24. The monoisotopic (exact) mass is 377 g/mol. The molecule has 1 aliphatic heterocycles. The van der Waals surface area contributed by atoms with Crippen LogP contribution >= 0.6 is 24.8 Å². The van der Waals surface area contributed by atoms with Gasteiger partial charge in [0, 0.05) is 39.3 Å². The maximum absolute atomic E-state index is 13.5. The average Bonchev–Trinajstić information content (AvgIpc) is 2.39. The highest BCUT2D eigenvalue weighted by atomic mass is 35.5. The van der Waals surface area contributed by atoms with Gasteiger partial charge in [-0.25, -0.2) is 21.9 Å². The van der Waals surface area contributed by atoms with Gasteiger partial charge in [0.25, 0.3) is 0 Å². The summed E-state index contributed by atoms with van der Waals surface area (Å²) in [5.41, 5.74) is 0. The van der Waals surface area contributed by atoms with Gasteiger partial charge in [0.15, 0.2) is 4.90 Å². The van der Waals surface area contributed by atoms with E-state index in [2.05, 4.69) is 14.9 Å². The Morgan fingerprint density at radius 1 is 1.14 bits per heavy atom. The van der Waals surface area contributed by atoms with Gasteiger partial charge in [0.05, 0.1) is 0 Å². The molecule has 0 spiro atoms. The van der Waals surface area contributed by atoms with E-state index >= 15 is 0 Å². The van der Waals surface area contributed by atoms with E-state index in [1.807, 2.05) is 0 Å². The maximum Gasteiger partial charge on any atom is 0.246 e. The van der Waals surface area contributed by atoms with Crippen molar-refractivity contribution >= 4 is 34.8 Å². The second-order valence-electron chi connectivity index (χ2n) is 4.54. The van der Waals surface area contributed by atoms with Crippen molar-refractivity contribution < 1.29 is 17.2 Å². The number of rotatable bonds is 5. The molecule has 2 rings (SSSR count). The highest BCUT2D eigenvalue weighted by molar-refractivity contribution is 7.89. The van der Waals surface area contributed by atoms with Gasteiger partial charge >= 0.3 is 0 Å². The molecule has 1 aromatic rings. The molecule has 5 nitrogen and oxygen atoms in total. The van der Waals surface area contributed by atoms with Crippen LogP contribution in [0.15, 0.2) is 23.1 Å². The Kier molecular flexibility index (Phi) is 9.37. The minimum atomic E-state index is -4.16.